The van der Waals surface area contributed by atoms with Gasteiger partial charge in [-0.15, -0.1) is 0 Å². The minimum absolute atomic E-state index is 0.293. The third-order valence-electron chi connectivity index (χ3n) is 3.12. The van der Waals surface area contributed by atoms with Crippen molar-refractivity contribution in [3.8, 4) is 5.88 Å². The van der Waals surface area contributed by atoms with Crippen LogP contribution in [0.3, 0.4) is 0 Å². The Morgan fingerprint density at radius 3 is 3.12 bits per heavy atom. The number of aromatic nitrogens is 2. The van der Waals surface area contributed by atoms with Crippen LogP contribution in [0.15, 0.2) is 12.4 Å². The predicted molar refractivity (Wildman–Crippen MR) is 64.1 cm³/mol. The van der Waals surface area contributed by atoms with Crippen LogP contribution < -0.4 is 10.1 Å². The third-order valence-corrected chi connectivity index (χ3v) is 3.12. The molecule has 0 saturated carbocycles. The number of hydrogen-bond acceptors (Lipinski definition) is 5. The molecule has 2 atom stereocenters. The first kappa shape index (κ1) is 12.3. The van der Waals surface area contributed by atoms with Crippen LogP contribution in [0.4, 0.5) is 0 Å². The number of nitrogens with zero attached hydrogens (tertiary/aromatic N) is 2. The van der Waals surface area contributed by atoms with E-state index in [1.807, 2.05) is 13.1 Å². The number of methoxy groups -OCH3 is 1. The van der Waals surface area contributed by atoms with E-state index < -0.39 is 0 Å². The van der Waals surface area contributed by atoms with Crippen molar-refractivity contribution in [1.82, 2.24) is 15.3 Å². The Morgan fingerprint density at radius 1 is 1.59 bits per heavy atom. The van der Waals surface area contributed by atoms with Crippen molar-refractivity contribution in [2.75, 3.05) is 20.8 Å². The number of rotatable bonds is 5. The van der Waals surface area contributed by atoms with E-state index in [1.54, 1.807) is 7.11 Å². The van der Waals surface area contributed by atoms with Gasteiger partial charge in [0.1, 0.15) is 6.33 Å². The molecule has 0 spiro atoms. The van der Waals surface area contributed by atoms with Crippen LogP contribution in [-0.2, 0) is 11.2 Å². The largest absolute Gasteiger partial charge is 0.481 e. The summed E-state index contributed by atoms with van der Waals surface area (Å²) < 4.78 is 10.8. The molecule has 0 aromatic carbocycles. The van der Waals surface area contributed by atoms with Crippen molar-refractivity contribution in [2.45, 2.75) is 31.4 Å². The van der Waals surface area contributed by atoms with Gasteiger partial charge in [-0.25, -0.2) is 9.97 Å². The lowest BCUT2D eigenvalue weighted by Gasteiger charge is -2.22. The van der Waals surface area contributed by atoms with Crippen LogP contribution in [0, 0.1) is 0 Å². The second kappa shape index (κ2) is 5.93. The van der Waals surface area contributed by atoms with E-state index in [1.165, 1.54) is 6.33 Å². The molecule has 1 N–H and O–H groups in total. The summed E-state index contributed by atoms with van der Waals surface area (Å²) in [4.78, 5) is 8.26. The molecule has 1 aromatic heterocycles. The third kappa shape index (κ3) is 3.14. The zero-order valence-corrected chi connectivity index (χ0v) is 10.3. The molecule has 94 valence electrons. The monoisotopic (exact) mass is 237 g/mol. The minimum atomic E-state index is 0.293. The first-order valence-electron chi connectivity index (χ1n) is 5.97. The van der Waals surface area contributed by atoms with E-state index in [0.29, 0.717) is 18.0 Å². The molecule has 0 radical (unpaired) electrons. The van der Waals surface area contributed by atoms with Crippen molar-refractivity contribution < 1.29 is 9.47 Å². The highest BCUT2D eigenvalue weighted by Crippen LogP contribution is 2.18. The quantitative estimate of drug-likeness (QED) is 0.820. The molecule has 2 rings (SSSR count). The molecule has 2 unspecified atom stereocenters. The van der Waals surface area contributed by atoms with Crippen LogP contribution in [-0.4, -0.2) is 42.9 Å². The van der Waals surface area contributed by atoms with Gasteiger partial charge < -0.3 is 14.8 Å². The molecule has 5 heteroatoms. The molecule has 1 fully saturated rings. The Balaban J connectivity index is 2.01. The summed E-state index contributed by atoms with van der Waals surface area (Å²) in [6.45, 7) is 0.871. The highest BCUT2D eigenvalue weighted by atomic mass is 16.5. The van der Waals surface area contributed by atoms with E-state index in [0.717, 1.165) is 31.6 Å². The van der Waals surface area contributed by atoms with E-state index in [2.05, 4.69) is 15.3 Å². The van der Waals surface area contributed by atoms with Gasteiger partial charge in [-0.1, -0.05) is 0 Å². The van der Waals surface area contributed by atoms with Crippen LogP contribution in [0.25, 0.3) is 0 Å². The lowest BCUT2D eigenvalue weighted by atomic mass is 10.0. The summed E-state index contributed by atoms with van der Waals surface area (Å²) in [7, 11) is 3.58. The second-order valence-electron chi connectivity index (χ2n) is 4.20. The van der Waals surface area contributed by atoms with Gasteiger partial charge in [0.15, 0.2) is 0 Å². The van der Waals surface area contributed by atoms with Gasteiger partial charge in [0.25, 0.3) is 0 Å². The van der Waals surface area contributed by atoms with Crippen molar-refractivity contribution in [1.29, 1.82) is 0 Å². The van der Waals surface area contributed by atoms with E-state index in [-0.39, 0.29) is 0 Å². The summed E-state index contributed by atoms with van der Waals surface area (Å²) in [6.07, 6.45) is 4.93. The molecule has 0 amide bonds. The van der Waals surface area contributed by atoms with Crippen molar-refractivity contribution in [3.05, 3.63) is 18.1 Å². The first-order valence-corrected chi connectivity index (χ1v) is 5.97. The van der Waals surface area contributed by atoms with Gasteiger partial charge in [0.05, 0.1) is 13.2 Å². The van der Waals surface area contributed by atoms with Crippen molar-refractivity contribution in [2.24, 2.45) is 0 Å². The Hall–Kier alpha value is -1.20. The van der Waals surface area contributed by atoms with E-state index in [4.69, 9.17) is 9.47 Å². The first-order chi connectivity index (χ1) is 8.33. The average Bonchev–Trinajstić information content (AvgIpc) is 2.90. The maximum absolute atomic E-state index is 5.70. The maximum Gasteiger partial charge on any atom is 0.216 e. The molecule has 1 aliphatic rings. The predicted octanol–water partition coefficient (Wildman–Crippen LogP) is 0.795. The zero-order chi connectivity index (χ0) is 12.1. The van der Waals surface area contributed by atoms with Gasteiger partial charge in [-0.05, 0) is 19.9 Å². The highest BCUT2D eigenvalue weighted by Gasteiger charge is 2.25. The van der Waals surface area contributed by atoms with Crippen LogP contribution >= 0.6 is 0 Å². The minimum Gasteiger partial charge on any atom is -0.481 e. The Kier molecular flexibility index (Phi) is 4.28. The number of nitrogens with one attached hydrogen (secondary N) is 1. The smallest absolute Gasteiger partial charge is 0.216 e. The van der Waals surface area contributed by atoms with Crippen molar-refractivity contribution in [3.63, 3.8) is 0 Å². The zero-order valence-electron chi connectivity index (χ0n) is 10.3. The molecular formula is C12H19N3O2. The van der Waals surface area contributed by atoms with Gasteiger partial charge in [-0.2, -0.15) is 0 Å². The van der Waals surface area contributed by atoms with Gasteiger partial charge in [0.2, 0.25) is 5.88 Å². The molecule has 17 heavy (non-hydrogen) atoms. The average molecular weight is 237 g/mol. The molecule has 1 saturated heterocycles. The van der Waals surface area contributed by atoms with Gasteiger partial charge >= 0.3 is 0 Å². The van der Waals surface area contributed by atoms with Crippen LogP contribution in [0.5, 0.6) is 5.88 Å². The maximum atomic E-state index is 5.70. The molecule has 2 heterocycles. The summed E-state index contributed by atoms with van der Waals surface area (Å²) in [5, 5.41) is 3.30. The molecule has 1 aromatic rings. The topological polar surface area (TPSA) is 56.3 Å². The lowest BCUT2D eigenvalue weighted by molar-refractivity contribution is 0.0805. The Labute approximate surface area is 102 Å². The Morgan fingerprint density at radius 2 is 2.47 bits per heavy atom. The van der Waals surface area contributed by atoms with Crippen molar-refractivity contribution >= 4 is 0 Å². The molecule has 0 aliphatic carbocycles. The van der Waals surface area contributed by atoms with Crippen LogP contribution in [0.2, 0.25) is 0 Å². The lowest BCUT2D eigenvalue weighted by Crippen LogP contribution is -2.39. The fourth-order valence-electron chi connectivity index (χ4n) is 2.16. The standard InChI is InChI=1S/C12H19N3O2/c1-13-10(11-4-3-5-17-11)6-9-7-12(16-2)15-8-14-9/h7-8,10-11,13H,3-6H2,1-2H3. The fourth-order valence-corrected chi connectivity index (χ4v) is 2.16. The molecule has 5 nitrogen and oxygen atoms in total. The summed E-state index contributed by atoms with van der Waals surface area (Å²) in [5.41, 5.74) is 0.978. The highest BCUT2D eigenvalue weighted by molar-refractivity contribution is 5.14. The molecular weight excluding hydrogens is 218 g/mol. The summed E-state index contributed by atoms with van der Waals surface area (Å²) >= 11 is 0. The van der Waals surface area contributed by atoms with E-state index >= 15 is 0 Å². The summed E-state index contributed by atoms with van der Waals surface area (Å²) in [6, 6.07) is 2.18. The number of ether oxygens (including phenoxy) is 2. The van der Waals surface area contributed by atoms with Crippen LogP contribution in [0.1, 0.15) is 18.5 Å². The molecule has 0 bridgehead atoms. The normalized spacial score (nSPS) is 21.4. The molecule has 1 aliphatic heterocycles. The SMILES string of the molecule is CNC(Cc1cc(OC)ncn1)C1CCCO1. The number of likely N-dealkylation sites (N-methyl/N-ethyl adjacent to an activating group) is 1. The van der Waals surface area contributed by atoms with E-state index in [9.17, 15) is 0 Å². The van der Waals surface area contributed by atoms with Gasteiger partial charge in [0, 0.05) is 30.8 Å². The fraction of sp³-hybridized carbons (Fsp3) is 0.667. The number of hydrogen-bond donors (Lipinski definition) is 1. The summed E-state index contributed by atoms with van der Waals surface area (Å²) in [5.74, 6) is 0.609. The second-order valence-corrected chi connectivity index (χ2v) is 4.20. The van der Waals surface area contributed by atoms with Gasteiger partial charge in [-0.3, -0.25) is 0 Å². The Bertz CT molecular complexity index is 353.